The molecule has 1 aromatic rings. The molecule has 1 aromatic carbocycles. The average molecular weight is 255 g/mol. The predicted molar refractivity (Wildman–Crippen MR) is 66.7 cm³/mol. The van der Waals surface area contributed by atoms with Crippen LogP contribution in [0.25, 0.3) is 0 Å². The molecule has 1 saturated heterocycles. The van der Waals surface area contributed by atoms with Crippen LogP contribution in [0.3, 0.4) is 0 Å². The molecule has 0 saturated carbocycles. The van der Waals surface area contributed by atoms with Crippen LogP contribution in [0.2, 0.25) is 0 Å². The summed E-state index contributed by atoms with van der Waals surface area (Å²) in [6, 6.07) is 7.46. The first-order valence-electron chi connectivity index (χ1n) is 5.69. The topological polar surface area (TPSA) is 69.4 Å². The highest BCUT2D eigenvalue weighted by Gasteiger charge is 2.29. The van der Waals surface area contributed by atoms with Crippen LogP contribution in [0, 0.1) is 0 Å². The van der Waals surface area contributed by atoms with Crippen molar-refractivity contribution < 1.29 is 13.2 Å². The van der Waals surface area contributed by atoms with Gasteiger partial charge in [-0.15, -0.1) is 0 Å². The normalized spacial score (nSPS) is 24.5. The lowest BCUT2D eigenvalue weighted by Gasteiger charge is -2.13. The lowest BCUT2D eigenvalue weighted by Crippen LogP contribution is -2.18. The Labute approximate surface area is 102 Å². The summed E-state index contributed by atoms with van der Waals surface area (Å²) in [5, 5.41) is 0. The summed E-state index contributed by atoms with van der Waals surface area (Å²) in [6.45, 7) is 1.90. The van der Waals surface area contributed by atoms with Gasteiger partial charge in [0.05, 0.1) is 11.5 Å². The van der Waals surface area contributed by atoms with Gasteiger partial charge in [0, 0.05) is 6.04 Å². The Kier molecular flexibility index (Phi) is 3.40. The monoisotopic (exact) mass is 255 g/mol. The summed E-state index contributed by atoms with van der Waals surface area (Å²) in [5.41, 5.74) is 6.77. The third kappa shape index (κ3) is 3.20. The minimum atomic E-state index is -2.89. The Balaban J connectivity index is 2.07. The van der Waals surface area contributed by atoms with Crippen molar-refractivity contribution in [3.63, 3.8) is 0 Å². The van der Waals surface area contributed by atoms with Crippen LogP contribution in [-0.4, -0.2) is 26.0 Å². The van der Waals surface area contributed by atoms with Crippen molar-refractivity contribution in [2.45, 2.75) is 25.5 Å². The molecule has 1 fully saturated rings. The average Bonchev–Trinajstić information content (AvgIpc) is 2.58. The third-order valence-electron chi connectivity index (χ3n) is 2.88. The second kappa shape index (κ2) is 4.66. The summed E-state index contributed by atoms with van der Waals surface area (Å²) in [4.78, 5) is 0. The largest absolute Gasteiger partial charge is 0.489 e. The van der Waals surface area contributed by atoms with Gasteiger partial charge >= 0.3 is 0 Å². The molecule has 17 heavy (non-hydrogen) atoms. The fourth-order valence-corrected chi connectivity index (χ4v) is 3.51. The Bertz CT molecular complexity index is 496. The predicted octanol–water partition coefficient (Wildman–Crippen LogP) is 1.27. The first-order chi connectivity index (χ1) is 7.96. The molecule has 1 aliphatic rings. The van der Waals surface area contributed by atoms with Crippen LogP contribution in [0.4, 0.5) is 0 Å². The molecule has 0 radical (unpaired) electrons. The molecule has 1 heterocycles. The van der Waals surface area contributed by atoms with Gasteiger partial charge in [-0.2, -0.15) is 0 Å². The zero-order valence-corrected chi connectivity index (χ0v) is 10.6. The number of hydrogen-bond donors (Lipinski definition) is 1. The Morgan fingerprint density at radius 1 is 1.47 bits per heavy atom. The minimum absolute atomic E-state index is 0.0501. The number of nitrogens with two attached hydrogens (primary N) is 1. The second-order valence-corrected chi connectivity index (χ2v) is 6.73. The van der Waals surface area contributed by atoms with Gasteiger partial charge in [-0.05, 0) is 31.0 Å². The Hall–Kier alpha value is -1.07. The highest BCUT2D eigenvalue weighted by Crippen LogP contribution is 2.22. The van der Waals surface area contributed by atoms with Gasteiger partial charge in [0.25, 0.3) is 0 Å². The molecule has 0 spiro atoms. The Morgan fingerprint density at radius 2 is 2.24 bits per heavy atom. The fourth-order valence-electron chi connectivity index (χ4n) is 1.92. The van der Waals surface area contributed by atoms with Crippen molar-refractivity contribution in [2.75, 3.05) is 11.5 Å². The van der Waals surface area contributed by atoms with Gasteiger partial charge < -0.3 is 10.5 Å². The van der Waals surface area contributed by atoms with Gasteiger partial charge in [0.1, 0.15) is 11.9 Å². The van der Waals surface area contributed by atoms with E-state index in [0.717, 1.165) is 5.56 Å². The highest BCUT2D eigenvalue weighted by molar-refractivity contribution is 7.91. The number of ether oxygens (including phenoxy) is 1. The van der Waals surface area contributed by atoms with Crippen LogP contribution in [0.5, 0.6) is 5.75 Å². The molecule has 94 valence electrons. The van der Waals surface area contributed by atoms with Crippen LogP contribution < -0.4 is 10.5 Å². The van der Waals surface area contributed by atoms with E-state index < -0.39 is 9.84 Å². The molecule has 1 unspecified atom stereocenters. The van der Waals surface area contributed by atoms with E-state index in [2.05, 4.69) is 0 Å². The molecule has 2 N–H and O–H groups in total. The van der Waals surface area contributed by atoms with Crippen molar-refractivity contribution in [1.29, 1.82) is 0 Å². The van der Waals surface area contributed by atoms with Gasteiger partial charge in [0.15, 0.2) is 9.84 Å². The van der Waals surface area contributed by atoms with Gasteiger partial charge in [-0.1, -0.05) is 12.1 Å². The summed E-state index contributed by atoms with van der Waals surface area (Å²) < 4.78 is 28.3. The maximum Gasteiger partial charge on any atom is 0.154 e. The third-order valence-corrected chi connectivity index (χ3v) is 4.61. The van der Waals surface area contributed by atoms with E-state index in [0.29, 0.717) is 12.2 Å². The SMILES string of the molecule is C[C@@H](N)c1cccc(OC2CCS(=O)(=O)C2)c1. The molecule has 0 aliphatic carbocycles. The molecule has 5 heteroatoms. The van der Waals surface area contributed by atoms with E-state index in [9.17, 15) is 8.42 Å². The maximum absolute atomic E-state index is 11.3. The molecule has 2 rings (SSSR count). The second-order valence-electron chi connectivity index (χ2n) is 4.50. The molecule has 2 atom stereocenters. The van der Waals surface area contributed by atoms with Crippen molar-refractivity contribution in [3.8, 4) is 5.75 Å². The molecule has 0 amide bonds. The Morgan fingerprint density at radius 3 is 2.82 bits per heavy atom. The molecular formula is C12H17NO3S. The molecule has 0 bridgehead atoms. The van der Waals surface area contributed by atoms with E-state index in [1.165, 1.54) is 0 Å². The number of rotatable bonds is 3. The van der Waals surface area contributed by atoms with Crippen LogP contribution >= 0.6 is 0 Å². The fraction of sp³-hybridized carbons (Fsp3) is 0.500. The quantitative estimate of drug-likeness (QED) is 0.883. The summed E-state index contributed by atoms with van der Waals surface area (Å²) in [6.07, 6.45) is 0.355. The maximum atomic E-state index is 11.3. The minimum Gasteiger partial charge on any atom is -0.489 e. The van der Waals surface area contributed by atoms with Gasteiger partial charge in [-0.25, -0.2) is 8.42 Å². The van der Waals surface area contributed by atoms with E-state index in [1.807, 2.05) is 31.2 Å². The first-order valence-corrected chi connectivity index (χ1v) is 7.51. The van der Waals surface area contributed by atoms with Crippen molar-refractivity contribution in [1.82, 2.24) is 0 Å². The summed E-state index contributed by atoms with van der Waals surface area (Å²) >= 11 is 0. The van der Waals surface area contributed by atoms with E-state index in [-0.39, 0.29) is 23.7 Å². The lowest BCUT2D eigenvalue weighted by atomic mass is 10.1. The lowest BCUT2D eigenvalue weighted by molar-refractivity contribution is 0.228. The van der Waals surface area contributed by atoms with Crippen LogP contribution in [0.15, 0.2) is 24.3 Å². The molecule has 1 aliphatic heterocycles. The van der Waals surface area contributed by atoms with Crippen molar-refractivity contribution in [2.24, 2.45) is 5.73 Å². The zero-order valence-electron chi connectivity index (χ0n) is 9.80. The van der Waals surface area contributed by atoms with E-state index >= 15 is 0 Å². The first kappa shape index (κ1) is 12.4. The van der Waals surface area contributed by atoms with E-state index in [1.54, 1.807) is 0 Å². The number of sulfone groups is 1. The highest BCUT2D eigenvalue weighted by atomic mass is 32.2. The van der Waals surface area contributed by atoms with Gasteiger partial charge in [-0.3, -0.25) is 0 Å². The molecular weight excluding hydrogens is 238 g/mol. The van der Waals surface area contributed by atoms with Crippen molar-refractivity contribution >= 4 is 9.84 Å². The van der Waals surface area contributed by atoms with Crippen molar-refractivity contribution in [3.05, 3.63) is 29.8 Å². The molecule has 0 aromatic heterocycles. The van der Waals surface area contributed by atoms with Crippen LogP contribution in [0.1, 0.15) is 24.9 Å². The zero-order chi connectivity index (χ0) is 12.5. The molecule has 4 nitrogen and oxygen atoms in total. The summed E-state index contributed by atoms with van der Waals surface area (Å²) in [7, 11) is -2.89. The van der Waals surface area contributed by atoms with E-state index in [4.69, 9.17) is 10.5 Å². The van der Waals surface area contributed by atoms with Crippen LogP contribution in [-0.2, 0) is 9.84 Å². The smallest absolute Gasteiger partial charge is 0.154 e. The summed E-state index contributed by atoms with van der Waals surface area (Å²) in [5.74, 6) is 1.04. The standard InChI is InChI=1S/C12H17NO3S/c1-9(13)10-3-2-4-11(7-10)16-12-5-6-17(14,15)8-12/h2-4,7,9,12H,5-6,8,13H2,1H3/t9-,12?/m1/s1. The number of benzene rings is 1. The van der Waals surface area contributed by atoms with Gasteiger partial charge in [0.2, 0.25) is 0 Å². The number of hydrogen-bond acceptors (Lipinski definition) is 4.